The van der Waals surface area contributed by atoms with Crippen LogP contribution in [0.5, 0.6) is 11.5 Å². The van der Waals surface area contributed by atoms with Gasteiger partial charge in [0.05, 0.1) is 27.4 Å². The molecular formula is C19H31IN4O4. The first-order chi connectivity index (χ1) is 13.1. The van der Waals surface area contributed by atoms with Crippen molar-refractivity contribution in [3.63, 3.8) is 0 Å². The molecule has 0 bridgehead atoms. The molecule has 1 fully saturated rings. The molecule has 2 rings (SSSR count). The average Bonchev–Trinajstić information content (AvgIpc) is 2.71. The number of benzene rings is 1. The summed E-state index contributed by atoms with van der Waals surface area (Å²) in [6.07, 6.45) is -0.246. The molecule has 1 amide bonds. The molecule has 28 heavy (non-hydrogen) atoms. The second kappa shape index (κ2) is 12.5. The van der Waals surface area contributed by atoms with Gasteiger partial charge >= 0.3 is 6.09 Å². The fraction of sp³-hybridized carbons (Fsp3) is 0.579. The number of carbonyl (C=O) groups excluding carboxylic acids is 1. The molecule has 1 aromatic rings. The Morgan fingerprint density at radius 1 is 1.07 bits per heavy atom. The van der Waals surface area contributed by atoms with Gasteiger partial charge in [0.1, 0.15) is 0 Å². The van der Waals surface area contributed by atoms with Gasteiger partial charge in [0.25, 0.3) is 0 Å². The molecule has 0 aliphatic carbocycles. The van der Waals surface area contributed by atoms with Crippen LogP contribution in [-0.4, -0.2) is 75.4 Å². The van der Waals surface area contributed by atoms with Gasteiger partial charge in [0, 0.05) is 32.7 Å². The summed E-state index contributed by atoms with van der Waals surface area (Å²) in [5.74, 6) is 2.24. The number of halogens is 1. The molecule has 9 heteroatoms. The van der Waals surface area contributed by atoms with Crippen LogP contribution >= 0.6 is 24.0 Å². The number of piperazine rings is 1. The van der Waals surface area contributed by atoms with Gasteiger partial charge in [0.2, 0.25) is 0 Å². The molecule has 0 atom stereocenters. The Balaban J connectivity index is 0.00000392. The molecule has 0 unspecified atom stereocenters. The number of nitrogens with zero attached hydrogens (tertiary/aromatic N) is 3. The molecule has 1 aliphatic heterocycles. The minimum absolute atomic E-state index is 0. The Morgan fingerprint density at radius 2 is 1.71 bits per heavy atom. The molecule has 158 valence electrons. The number of nitrogens with one attached hydrogen (secondary N) is 1. The van der Waals surface area contributed by atoms with Crippen LogP contribution in [0, 0.1) is 0 Å². The van der Waals surface area contributed by atoms with E-state index in [9.17, 15) is 4.79 Å². The molecule has 1 saturated heterocycles. The second-order valence-corrected chi connectivity index (χ2v) is 6.03. The lowest BCUT2D eigenvalue weighted by atomic mass is 10.2. The van der Waals surface area contributed by atoms with Crippen LogP contribution < -0.4 is 14.8 Å². The van der Waals surface area contributed by atoms with Gasteiger partial charge in [-0.05, 0) is 31.5 Å². The summed E-state index contributed by atoms with van der Waals surface area (Å²) in [4.78, 5) is 20.5. The van der Waals surface area contributed by atoms with Crippen molar-refractivity contribution in [1.82, 2.24) is 15.1 Å². The number of ether oxygens (including phenoxy) is 3. The van der Waals surface area contributed by atoms with Crippen LogP contribution in [0.4, 0.5) is 4.79 Å². The molecule has 0 spiro atoms. The maximum absolute atomic E-state index is 11.8. The minimum atomic E-state index is -0.246. The van der Waals surface area contributed by atoms with E-state index in [1.807, 2.05) is 32.0 Å². The van der Waals surface area contributed by atoms with E-state index in [0.717, 1.165) is 31.2 Å². The molecular weight excluding hydrogens is 475 g/mol. The maximum atomic E-state index is 11.8. The quantitative estimate of drug-likeness (QED) is 0.363. The van der Waals surface area contributed by atoms with Gasteiger partial charge in [-0.2, -0.15) is 0 Å². The number of amides is 1. The monoisotopic (exact) mass is 506 g/mol. The summed E-state index contributed by atoms with van der Waals surface area (Å²) in [5.41, 5.74) is 1.04. The number of carbonyl (C=O) groups is 1. The van der Waals surface area contributed by atoms with E-state index in [0.29, 0.717) is 37.7 Å². The predicted molar refractivity (Wildman–Crippen MR) is 120 cm³/mol. The largest absolute Gasteiger partial charge is 0.493 e. The lowest BCUT2D eigenvalue weighted by Gasteiger charge is -2.35. The highest BCUT2D eigenvalue weighted by molar-refractivity contribution is 14.0. The van der Waals surface area contributed by atoms with Gasteiger partial charge < -0.3 is 29.3 Å². The first-order valence-electron chi connectivity index (χ1n) is 9.28. The standard InChI is InChI=1S/C19H30N4O4.HI/c1-5-20-18(22-9-11-23(12-10-22)19(24)27-6-2)21-14-15-7-8-16(25-3)17(13-15)26-4;/h7-8,13H,5-6,9-12,14H2,1-4H3,(H,20,21);1H. The molecule has 0 radical (unpaired) electrons. The van der Waals surface area contributed by atoms with Crippen molar-refractivity contribution in [2.45, 2.75) is 20.4 Å². The van der Waals surface area contributed by atoms with Crippen LogP contribution in [0.25, 0.3) is 0 Å². The molecule has 0 saturated carbocycles. The Kier molecular flexibility index (Phi) is 10.8. The normalized spacial score (nSPS) is 14.2. The lowest BCUT2D eigenvalue weighted by molar-refractivity contribution is 0.0914. The zero-order valence-corrected chi connectivity index (χ0v) is 19.4. The third-order valence-electron chi connectivity index (χ3n) is 4.30. The first-order valence-corrected chi connectivity index (χ1v) is 9.28. The average molecular weight is 506 g/mol. The van der Waals surface area contributed by atoms with Gasteiger partial charge in [-0.25, -0.2) is 9.79 Å². The van der Waals surface area contributed by atoms with Crippen molar-refractivity contribution in [2.24, 2.45) is 4.99 Å². The Morgan fingerprint density at radius 3 is 2.29 bits per heavy atom. The van der Waals surface area contributed by atoms with Crippen molar-refractivity contribution in [2.75, 3.05) is 53.6 Å². The number of rotatable bonds is 6. The number of methoxy groups -OCH3 is 2. The van der Waals surface area contributed by atoms with Gasteiger partial charge in [-0.3, -0.25) is 0 Å². The third kappa shape index (κ3) is 6.61. The van der Waals surface area contributed by atoms with E-state index in [1.165, 1.54) is 0 Å². The Bertz CT molecular complexity index is 649. The van der Waals surface area contributed by atoms with Crippen molar-refractivity contribution < 1.29 is 19.0 Å². The van der Waals surface area contributed by atoms with E-state index < -0.39 is 0 Å². The Labute approximate surface area is 184 Å². The number of aliphatic imine (C=N–C) groups is 1. The molecule has 1 heterocycles. The van der Waals surface area contributed by atoms with Crippen LogP contribution in [0.1, 0.15) is 19.4 Å². The molecule has 1 N–H and O–H groups in total. The summed E-state index contributed by atoms with van der Waals surface area (Å²) in [6.45, 7) is 8.25. The van der Waals surface area contributed by atoms with Crippen molar-refractivity contribution in [3.05, 3.63) is 23.8 Å². The zero-order valence-electron chi connectivity index (χ0n) is 17.1. The van der Waals surface area contributed by atoms with Crippen LogP contribution in [-0.2, 0) is 11.3 Å². The fourth-order valence-electron chi connectivity index (χ4n) is 2.89. The van der Waals surface area contributed by atoms with E-state index in [2.05, 4.69) is 10.2 Å². The van der Waals surface area contributed by atoms with Gasteiger partial charge in [0.15, 0.2) is 17.5 Å². The smallest absolute Gasteiger partial charge is 0.409 e. The molecule has 0 aromatic heterocycles. The molecule has 1 aliphatic rings. The third-order valence-corrected chi connectivity index (χ3v) is 4.30. The SMILES string of the molecule is CCNC(=NCc1ccc(OC)c(OC)c1)N1CCN(C(=O)OCC)CC1.I. The van der Waals surface area contributed by atoms with E-state index in [1.54, 1.807) is 19.1 Å². The van der Waals surface area contributed by atoms with Crippen LogP contribution in [0.3, 0.4) is 0 Å². The minimum Gasteiger partial charge on any atom is -0.493 e. The summed E-state index contributed by atoms with van der Waals surface area (Å²) in [5, 5.41) is 3.33. The number of guanidine groups is 1. The number of hydrogen-bond acceptors (Lipinski definition) is 5. The van der Waals surface area contributed by atoms with Crippen LogP contribution in [0.15, 0.2) is 23.2 Å². The lowest BCUT2D eigenvalue weighted by Crippen LogP contribution is -2.53. The van der Waals surface area contributed by atoms with Crippen molar-refractivity contribution in [3.8, 4) is 11.5 Å². The molecule has 1 aromatic carbocycles. The summed E-state index contributed by atoms with van der Waals surface area (Å²) >= 11 is 0. The summed E-state index contributed by atoms with van der Waals surface area (Å²) in [7, 11) is 3.24. The van der Waals surface area contributed by atoms with Crippen LogP contribution in [0.2, 0.25) is 0 Å². The first kappa shape index (κ1) is 24.1. The highest BCUT2D eigenvalue weighted by atomic mass is 127. The maximum Gasteiger partial charge on any atom is 0.409 e. The predicted octanol–water partition coefficient (Wildman–Crippen LogP) is 2.56. The van der Waals surface area contributed by atoms with Crippen molar-refractivity contribution >= 4 is 36.0 Å². The highest BCUT2D eigenvalue weighted by Crippen LogP contribution is 2.27. The Hall–Kier alpha value is -1.91. The number of hydrogen-bond donors (Lipinski definition) is 1. The topological polar surface area (TPSA) is 75.6 Å². The molecule has 8 nitrogen and oxygen atoms in total. The zero-order chi connectivity index (χ0) is 19.6. The summed E-state index contributed by atoms with van der Waals surface area (Å²) in [6, 6.07) is 5.80. The van der Waals surface area contributed by atoms with E-state index >= 15 is 0 Å². The van der Waals surface area contributed by atoms with E-state index in [4.69, 9.17) is 19.2 Å². The highest BCUT2D eigenvalue weighted by Gasteiger charge is 2.23. The summed E-state index contributed by atoms with van der Waals surface area (Å²) < 4.78 is 15.7. The van der Waals surface area contributed by atoms with Gasteiger partial charge in [-0.1, -0.05) is 6.07 Å². The van der Waals surface area contributed by atoms with Crippen molar-refractivity contribution in [1.29, 1.82) is 0 Å². The second-order valence-electron chi connectivity index (χ2n) is 6.03. The van der Waals surface area contributed by atoms with Gasteiger partial charge in [-0.15, -0.1) is 24.0 Å². The fourth-order valence-corrected chi connectivity index (χ4v) is 2.89. The van der Waals surface area contributed by atoms with E-state index in [-0.39, 0.29) is 30.1 Å².